The average molecular weight is 359 g/mol. The SMILES string of the molecule is O=C(Cc1ccc(Cl)cc1)N(CCBr)CC(F)(F)F. The molecule has 0 aromatic heterocycles. The highest BCUT2D eigenvalue weighted by Crippen LogP contribution is 2.18. The second-order valence-electron chi connectivity index (χ2n) is 3.92. The summed E-state index contributed by atoms with van der Waals surface area (Å²) in [6, 6.07) is 6.45. The van der Waals surface area contributed by atoms with E-state index in [2.05, 4.69) is 15.9 Å². The van der Waals surface area contributed by atoms with Gasteiger partial charge in [-0.3, -0.25) is 4.79 Å². The van der Waals surface area contributed by atoms with E-state index in [1.54, 1.807) is 24.3 Å². The second kappa shape index (κ2) is 7.14. The van der Waals surface area contributed by atoms with Gasteiger partial charge >= 0.3 is 6.18 Å². The molecular formula is C12H12BrClF3NO. The summed E-state index contributed by atoms with van der Waals surface area (Å²) in [5, 5.41) is 0.818. The van der Waals surface area contributed by atoms with Crippen LogP contribution in [0.2, 0.25) is 5.02 Å². The Morgan fingerprint density at radius 1 is 1.26 bits per heavy atom. The highest BCUT2D eigenvalue weighted by atomic mass is 79.9. The largest absolute Gasteiger partial charge is 0.406 e. The number of amides is 1. The first-order valence-electron chi connectivity index (χ1n) is 5.47. The van der Waals surface area contributed by atoms with Crippen LogP contribution >= 0.6 is 27.5 Å². The number of benzene rings is 1. The fraction of sp³-hybridized carbons (Fsp3) is 0.417. The van der Waals surface area contributed by atoms with Gasteiger partial charge in [-0.05, 0) is 17.7 Å². The number of nitrogens with zero attached hydrogens (tertiary/aromatic N) is 1. The van der Waals surface area contributed by atoms with Crippen molar-refractivity contribution >= 4 is 33.4 Å². The predicted molar refractivity (Wildman–Crippen MR) is 71.6 cm³/mol. The summed E-state index contributed by atoms with van der Waals surface area (Å²) in [6.07, 6.45) is -4.46. The van der Waals surface area contributed by atoms with Gasteiger partial charge in [-0.25, -0.2) is 0 Å². The minimum absolute atomic E-state index is 0.0198. The van der Waals surface area contributed by atoms with Crippen molar-refractivity contribution in [3.05, 3.63) is 34.9 Å². The number of hydrogen-bond donors (Lipinski definition) is 0. The van der Waals surface area contributed by atoms with E-state index in [0.29, 0.717) is 15.9 Å². The Balaban J connectivity index is 2.68. The quantitative estimate of drug-likeness (QED) is 0.736. The number of alkyl halides is 4. The maximum atomic E-state index is 12.4. The molecule has 19 heavy (non-hydrogen) atoms. The monoisotopic (exact) mass is 357 g/mol. The predicted octanol–water partition coefficient (Wildman–Crippen LogP) is 3.67. The molecule has 1 amide bonds. The molecule has 1 aromatic carbocycles. The summed E-state index contributed by atoms with van der Waals surface area (Å²) in [5.41, 5.74) is 0.635. The molecule has 0 aliphatic rings. The molecule has 0 N–H and O–H groups in total. The average Bonchev–Trinajstić information content (AvgIpc) is 2.30. The maximum absolute atomic E-state index is 12.4. The van der Waals surface area contributed by atoms with Crippen molar-refractivity contribution in [3.63, 3.8) is 0 Å². The van der Waals surface area contributed by atoms with Crippen molar-refractivity contribution in [1.82, 2.24) is 4.90 Å². The molecule has 0 fully saturated rings. The Hall–Kier alpha value is -0.750. The second-order valence-corrected chi connectivity index (χ2v) is 5.15. The fourth-order valence-corrected chi connectivity index (χ4v) is 2.05. The van der Waals surface area contributed by atoms with Crippen LogP contribution in [0.15, 0.2) is 24.3 Å². The minimum Gasteiger partial charge on any atom is -0.332 e. The van der Waals surface area contributed by atoms with E-state index < -0.39 is 18.6 Å². The highest BCUT2D eigenvalue weighted by molar-refractivity contribution is 9.09. The van der Waals surface area contributed by atoms with Gasteiger partial charge in [0.15, 0.2) is 0 Å². The molecule has 7 heteroatoms. The number of carbonyl (C=O) groups excluding carboxylic acids is 1. The zero-order valence-corrected chi connectivity index (χ0v) is 12.2. The molecule has 0 bridgehead atoms. The van der Waals surface area contributed by atoms with Crippen LogP contribution in [0.4, 0.5) is 13.2 Å². The topological polar surface area (TPSA) is 20.3 Å². The summed E-state index contributed by atoms with van der Waals surface area (Å²) in [4.78, 5) is 12.6. The third-order valence-corrected chi connectivity index (χ3v) is 2.95. The van der Waals surface area contributed by atoms with Crippen LogP contribution in [0.5, 0.6) is 0 Å². The summed E-state index contributed by atoms with van der Waals surface area (Å²) in [5.74, 6) is -0.556. The van der Waals surface area contributed by atoms with Crippen LogP contribution < -0.4 is 0 Å². The van der Waals surface area contributed by atoms with Gasteiger partial charge in [0.25, 0.3) is 0 Å². The molecule has 1 aromatic rings. The Morgan fingerprint density at radius 3 is 2.32 bits per heavy atom. The highest BCUT2D eigenvalue weighted by Gasteiger charge is 2.32. The molecule has 0 spiro atoms. The summed E-state index contributed by atoms with van der Waals surface area (Å²) < 4.78 is 37.1. The van der Waals surface area contributed by atoms with E-state index >= 15 is 0 Å². The zero-order valence-electron chi connectivity index (χ0n) is 9.88. The Morgan fingerprint density at radius 2 is 1.84 bits per heavy atom. The first kappa shape index (κ1) is 16.3. The van der Waals surface area contributed by atoms with Crippen molar-refractivity contribution in [2.75, 3.05) is 18.4 Å². The lowest BCUT2D eigenvalue weighted by atomic mass is 10.1. The smallest absolute Gasteiger partial charge is 0.332 e. The zero-order chi connectivity index (χ0) is 14.5. The molecule has 106 valence electrons. The lowest BCUT2D eigenvalue weighted by Gasteiger charge is -2.23. The molecule has 2 nitrogen and oxygen atoms in total. The maximum Gasteiger partial charge on any atom is 0.406 e. The first-order chi connectivity index (χ1) is 8.81. The standard InChI is InChI=1S/C12H12BrClF3NO/c13-5-6-18(8-12(15,16)17)11(19)7-9-1-3-10(14)4-2-9/h1-4H,5-8H2. The molecular weight excluding hydrogens is 346 g/mol. The van der Waals surface area contributed by atoms with E-state index in [1.165, 1.54) is 0 Å². The third-order valence-electron chi connectivity index (χ3n) is 2.35. The molecule has 0 unspecified atom stereocenters. The van der Waals surface area contributed by atoms with E-state index in [-0.39, 0.29) is 13.0 Å². The van der Waals surface area contributed by atoms with Crippen LogP contribution in [0.1, 0.15) is 5.56 Å². The Bertz CT molecular complexity index is 422. The molecule has 0 aliphatic heterocycles. The van der Waals surface area contributed by atoms with E-state index in [1.807, 2.05) is 0 Å². The molecule has 0 saturated heterocycles. The summed E-state index contributed by atoms with van der Waals surface area (Å²) in [6.45, 7) is -1.21. The van der Waals surface area contributed by atoms with Gasteiger partial charge in [0.2, 0.25) is 5.91 Å². The van der Waals surface area contributed by atoms with Crippen molar-refractivity contribution in [3.8, 4) is 0 Å². The van der Waals surface area contributed by atoms with Crippen molar-refractivity contribution in [2.45, 2.75) is 12.6 Å². The number of hydrogen-bond acceptors (Lipinski definition) is 1. The van der Waals surface area contributed by atoms with Crippen LogP contribution in [0.3, 0.4) is 0 Å². The van der Waals surface area contributed by atoms with Crippen LogP contribution in [-0.4, -0.2) is 35.4 Å². The Kier molecular flexibility index (Phi) is 6.13. The number of rotatable bonds is 5. The van der Waals surface area contributed by atoms with E-state index in [9.17, 15) is 18.0 Å². The summed E-state index contributed by atoms with van der Waals surface area (Å²) in [7, 11) is 0. The Labute approximate surface area is 122 Å². The van der Waals surface area contributed by atoms with Crippen LogP contribution in [0, 0.1) is 0 Å². The van der Waals surface area contributed by atoms with Gasteiger partial charge in [0, 0.05) is 16.9 Å². The van der Waals surface area contributed by atoms with Gasteiger partial charge in [-0.1, -0.05) is 39.7 Å². The third kappa shape index (κ3) is 6.29. The van der Waals surface area contributed by atoms with Gasteiger partial charge in [0.05, 0.1) is 6.42 Å². The lowest BCUT2D eigenvalue weighted by molar-refractivity contribution is -0.160. The lowest BCUT2D eigenvalue weighted by Crippen LogP contribution is -2.40. The number of halogens is 5. The molecule has 1 rings (SSSR count). The molecule has 0 radical (unpaired) electrons. The number of carbonyl (C=O) groups is 1. The summed E-state index contributed by atoms with van der Waals surface area (Å²) >= 11 is 8.74. The fourth-order valence-electron chi connectivity index (χ4n) is 1.50. The van der Waals surface area contributed by atoms with E-state index in [4.69, 9.17) is 11.6 Å². The van der Waals surface area contributed by atoms with Gasteiger partial charge in [-0.15, -0.1) is 0 Å². The molecule has 0 atom stereocenters. The molecule has 0 saturated carbocycles. The molecule has 0 aliphatic carbocycles. The van der Waals surface area contributed by atoms with E-state index in [0.717, 1.165) is 4.90 Å². The minimum atomic E-state index is -4.39. The van der Waals surface area contributed by atoms with Crippen molar-refractivity contribution in [1.29, 1.82) is 0 Å². The van der Waals surface area contributed by atoms with Gasteiger partial charge < -0.3 is 4.90 Å². The molecule has 0 heterocycles. The van der Waals surface area contributed by atoms with Gasteiger partial charge in [0.1, 0.15) is 6.54 Å². The van der Waals surface area contributed by atoms with Crippen molar-refractivity contribution < 1.29 is 18.0 Å². The first-order valence-corrected chi connectivity index (χ1v) is 6.96. The van der Waals surface area contributed by atoms with Gasteiger partial charge in [-0.2, -0.15) is 13.2 Å². The van der Waals surface area contributed by atoms with Crippen molar-refractivity contribution in [2.24, 2.45) is 0 Å². The normalized spacial score (nSPS) is 11.4. The van der Waals surface area contributed by atoms with Crippen LogP contribution in [0.25, 0.3) is 0 Å². The van der Waals surface area contributed by atoms with Crippen LogP contribution in [-0.2, 0) is 11.2 Å².